The lowest BCUT2D eigenvalue weighted by molar-refractivity contribution is -0.107. The van der Waals surface area contributed by atoms with Crippen molar-refractivity contribution in [2.75, 3.05) is 0 Å². The van der Waals surface area contributed by atoms with Crippen molar-refractivity contribution < 1.29 is 4.79 Å². The molecule has 0 rings (SSSR count). The van der Waals surface area contributed by atoms with Gasteiger partial charge in [0.25, 0.3) is 0 Å². The first-order valence-corrected chi connectivity index (χ1v) is 4.25. The van der Waals surface area contributed by atoms with Gasteiger partial charge in [0.1, 0.15) is 6.29 Å². The van der Waals surface area contributed by atoms with Crippen molar-refractivity contribution in [3.8, 4) is 0 Å². The predicted molar refractivity (Wildman–Crippen MR) is 42.9 cm³/mol. The van der Waals surface area contributed by atoms with Gasteiger partial charge in [0, 0.05) is 0 Å². The molecule has 0 aliphatic heterocycles. The minimum Gasteiger partial charge on any atom is -0.302 e. The van der Waals surface area contributed by atoms with E-state index >= 15 is 0 Å². The van der Waals surface area contributed by atoms with Crippen LogP contribution in [-0.2, 0) is 4.79 Å². The summed E-state index contributed by atoms with van der Waals surface area (Å²) in [7, 11) is 0. The average Bonchev–Trinajstić information content (AvgIpc) is 1.82. The first kappa shape index (κ1) is 9.02. The highest BCUT2D eigenvalue weighted by molar-refractivity contribution is 8.01. The first-order valence-electron chi connectivity index (χ1n) is 3.31. The molecule has 1 nitrogen and oxygen atoms in total. The molecule has 0 aliphatic rings. The Balaban J connectivity index is 3.42. The third-order valence-electron chi connectivity index (χ3n) is 1.00. The summed E-state index contributed by atoms with van der Waals surface area (Å²) in [6.45, 7) is 6.25. The van der Waals surface area contributed by atoms with Crippen molar-refractivity contribution in [1.82, 2.24) is 0 Å². The summed E-state index contributed by atoms with van der Waals surface area (Å²) in [5.74, 6) is 0. The molecule has 1 atom stereocenters. The maximum absolute atomic E-state index is 10.3. The highest BCUT2D eigenvalue weighted by atomic mass is 32.2. The molecule has 0 amide bonds. The zero-order chi connectivity index (χ0) is 7.28. The van der Waals surface area contributed by atoms with Gasteiger partial charge in [-0.1, -0.05) is 20.8 Å². The lowest BCUT2D eigenvalue weighted by atomic mass is 10.4. The lowest BCUT2D eigenvalue weighted by Gasteiger charge is -2.08. The molecule has 0 aromatic rings. The minimum atomic E-state index is 0.213. The third-order valence-corrected chi connectivity index (χ3v) is 2.34. The summed E-state index contributed by atoms with van der Waals surface area (Å²) in [5, 5.41) is 0.783. The molecule has 0 aliphatic carbocycles. The molecule has 54 valence electrons. The van der Waals surface area contributed by atoms with Crippen molar-refractivity contribution in [3.05, 3.63) is 0 Å². The first-order chi connectivity index (χ1) is 4.20. The molecule has 0 bridgehead atoms. The van der Waals surface area contributed by atoms with Crippen LogP contribution in [0.3, 0.4) is 0 Å². The summed E-state index contributed by atoms with van der Waals surface area (Å²) in [6, 6.07) is 0. The van der Waals surface area contributed by atoms with Crippen LogP contribution >= 0.6 is 11.8 Å². The van der Waals surface area contributed by atoms with Crippen LogP contribution in [0.4, 0.5) is 0 Å². The molecule has 0 aromatic heterocycles. The van der Waals surface area contributed by atoms with E-state index < -0.39 is 0 Å². The number of carbonyl (C=O) groups excluding carboxylic acids is 1. The minimum absolute atomic E-state index is 0.213. The van der Waals surface area contributed by atoms with E-state index in [0.29, 0.717) is 5.25 Å². The van der Waals surface area contributed by atoms with Crippen LogP contribution in [0.1, 0.15) is 27.2 Å². The zero-order valence-corrected chi connectivity index (χ0v) is 7.07. The van der Waals surface area contributed by atoms with Crippen LogP contribution in [0.5, 0.6) is 0 Å². The van der Waals surface area contributed by atoms with Gasteiger partial charge < -0.3 is 4.79 Å². The molecule has 0 fully saturated rings. The second kappa shape index (κ2) is 4.86. The smallest absolute Gasteiger partial charge is 0.132 e. The molecule has 0 radical (unpaired) electrons. The maximum atomic E-state index is 10.3. The van der Waals surface area contributed by atoms with E-state index in [1.54, 1.807) is 11.8 Å². The molecule has 0 spiro atoms. The Morgan fingerprint density at radius 2 is 2.11 bits per heavy atom. The monoisotopic (exact) mass is 146 g/mol. The SMILES string of the molecule is CCC(C=O)SC(C)C. The Kier molecular flexibility index (Phi) is 4.87. The van der Waals surface area contributed by atoms with Gasteiger partial charge in [-0.15, -0.1) is 11.8 Å². The van der Waals surface area contributed by atoms with E-state index in [9.17, 15) is 4.79 Å². The van der Waals surface area contributed by atoms with Crippen LogP contribution < -0.4 is 0 Å². The molecule has 2 heteroatoms. The van der Waals surface area contributed by atoms with Crippen molar-refractivity contribution in [2.45, 2.75) is 37.7 Å². The number of thioether (sulfide) groups is 1. The normalized spacial score (nSPS) is 13.8. The van der Waals surface area contributed by atoms with Crippen LogP contribution in [0.15, 0.2) is 0 Å². The van der Waals surface area contributed by atoms with Gasteiger partial charge in [-0.05, 0) is 11.7 Å². The number of carbonyl (C=O) groups is 1. The molecular formula is C7H14OS. The Morgan fingerprint density at radius 3 is 2.22 bits per heavy atom. The van der Waals surface area contributed by atoms with Gasteiger partial charge in [0.05, 0.1) is 5.25 Å². The largest absolute Gasteiger partial charge is 0.302 e. The molecule has 0 saturated heterocycles. The quantitative estimate of drug-likeness (QED) is 0.565. The van der Waals surface area contributed by atoms with Crippen LogP contribution in [0.25, 0.3) is 0 Å². The Labute approximate surface area is 61.2 Å². The second-order valence-electron chi connectivity index (χ2n) is 2.27. The number of aldehydes is 1. The van der Waals surface area contributed by atoms with Crippen molar-refractivity contribution in [2.24, 2.45) is 0 Å². The molecule has 1 unspecified atom stereocenters. The summed E-state index contributed by atoms with van der Waals surface area (Å²) in [4.78, 5) is 10.3. The van der Waals surface area contributed by atoms with Crippen LogP contribution in [-0.4, -0.2) is 16.8 Å². The Bertz CT molecular complexity index is 81.0. The zero-order valence-electron chi connectivity index (χ0n) is 6.26. The van der Waals surface area contributed by atoms with Gasteiger partial charge in [-0.25, -0.2) is 0 Å². The predicted octanol–water partition coefficient (Wildman–Crippen LogP) is 2.11. The average molecular weight is 146 g/mol. The van der Waals surface area contributed by atoms with Gasteiger partial charge in [-0.3, -0.25) is 0 Å². The second-order valence-corrected chi connectivity index (χ2v) is 4.09. The standard InChI is InChI=1S/C7H14OS/c1-4-7(5-8)9-6(2)3/h5-7H,4H2,1-3H3. The van der Waals surface area contributed by atoms with E-state index in [4.69, 9.17) is 0 Å². The van der Waals surface area contributed by atoms with Gasteiger partial charge >= 0.3 is 0 Å². The summed E-state index contributed by atoms with van der Waals surface area (Å²) >= 11 is 1.73. The topological polar surface area (TPSA) is 17.1 Å². The molecule has 0 N–H and O–H groups in total. The highest BCUT2D eigenvalue weighted by Crippen LogP contribution is 2.17. The van der Waals surface area contributed by atoms with Crippen molar-refractivity contribution >= 4 is 18.0 Å². The van der Waals surface area contributed by atoms with E-state index in [-0.39, 0.29) is 5.25 Å². The molecule has 0 heterocycles. The lowest BCUT2D eigenvalue weighted by Crippen LogP contribution is -2.05. The molecule has 0 saturated carbocycles. The van der Waals surface area contributed by atoms with Gasteiger partial charge in [-0.2, -0.15) is 0 Å². The summed E-state index contributed by atoms with van der Waals surface area (Å²) < 4.78 is 0. The fourth-order valence-corrected chi connectivity index (χ4v) is 1.53. The maximum Gasteiger partial charge on any atom is 0.132 e. The van der Waals surface area contributed by atoms with Crippen molar-refractivity contribution in [3.63, 3.8) is 0 Å². The Morgan fingerprint density at radius 1 is 1.56 bits per heavy atom. The van der Waals surface area contributed by atoms with Gasteiger partial charge in [0.2, 0.25) is 0 Å². The number of rotatable bonds is 4. The third kappa shape index (κ3) is 4.52. The number of hydrogen-bond acceptors (Lipinski definition) is 2. The molecular weight excluding hydrogens is 132 g/mol. The highest BCUT2D eigenvalue weighted by Gasteiger charge is 2.05. The van der Waals surface area contributed by atoms with Crippen molar-refractivity contribution in [1.29, 1.82) is 0 Å². The summed E-state index contributed by atoms with van der Waals surface area (Å²) in [6.07, 6.45) is 1.98. The van der Waals surface area contributed by atoms with E-state index in [2.05, 4.69) is 13.8 Å². The summed E-state index contributed by atoms with van der Waals surface area (Å²) in [5.41, 5.74) is 0. The van der Waals surface area contributed by atoms with E-state index in [1.807, 2.05) is 6.92 Å². The van der Waals surface area contributed by atoms with E-state index in [1.165, 1.54) is 0 Å². The fraction of sp³-hybridized carbons (Fsp3) is 0.857. The van der Waals surface area contributed by atoms with E-state index in [0.717, 1.165) is 12.7 Å². The molecule has 9 heavy (non-hydrogen) atoms. The fourth-order valence-electron chi connectivity index (χ4n) is 0.574. The molecule has 0 aromatic carbocycles. The van der Waals surface area contributed by atoms with Crippen LogP contribution in [0.2, 0.25) is 0 Å². The Hall–Kier alpha value is 0.0200. The number of hydrogen-bond donors (Lipinski definition) is 0. The van der Waals surface area contributed by atoms with Gasteiger partial charge in [0.15, 0.2) is 0 Å². The van der Waals surface area contributed by atoms with Crippen LogP contribution in [0, 0.1) is 0 Å².